The molecule has 3 aromatic carbocycles. The molecule has 1 atom stereocenters. The minimum absolute atomic E-state index is 0.195. The third-order valence-corrected chi connectivity index (χ3v) is 4.13. The van der Waals surface area contributed by atoms with Crippen LogP contribution in [0.5, 0.6) is 17.2 Å². The van der Waals surface area contributed by atoms with E-state index in [0.717, 1.165) is 16.5 Å². The summed E-state index contributed by atoms with van der Waals surface area (Å²) in [5.41, 5.74) is 0. The smallest absolute Gasteiger partial charge is 0.260 e. The van der Waals surface area contributed by atoms with Gasteiger partial charge in [-0.2, -0.15) is 0 Å². The third kappa shape index (κ3) is 4.91. The third-order valence-electron chi connectivity index (χ3n) is 4.13. The Hall–Kier alpha value is -3.21. The van der Waals surface area contributed by atoms with Crippen molar-refractivity contribution in [2.75, 3.05) is 20.3 Å². The average Bonchev–Trinajstić information content (AvgIpc) is 2.71. The fourth-order valence-corrected chi connectivity index (χ4v) is 2.73. The van der Waals surface area contributed by atoms with Crippen LogP contribution in [0.4, 0.5) is 0 Å². The van der Waals surface area contributed by atoms with Crippen molar-refractivity contribution in [2.24, 2.45) is 0 Å². The number of methoxy groups -OCH3 is 1. The number of benzene rings is 3. The second kappa shape index (κ2) is 8.94. The van der Waals surface area contributed by atoms with Gasteiger partial charge in [-0.05, 0) is 30.5 Å². The molecule has 1 amide bonds. The molecule has 0 unspecified atom stereocenters. The van der Waals surface area contributed by atoms with Crippen LogP contribution in [-0.2, 0) is 4.79 Å². The van der Waals surface area contributed by atoms with E-state index < -0.39 is 6.10 Å². The Kier molecular flexibility index (Phi) is 6.15. The van der Waals surface area contributed by atoms with E-state index in [1.165, 1.54) is 0 Å². The summed E-state index contributed by atoms with van der Waals surface area (Å²) in [5, 5.41) is 5.01. The van der Waals surface area contributed by atoms with E-state index in [1.54, 1.807) is 26.2 Å². The Morgan fingerprint density at radius 3 is 2.59 bits per heavy atom. The van der Waals surface area contributed by atoms with Gasteiger partial charge in [-0.15, -0.1) is 0 Å². The maximum absolute atomic E-state index is 12.2. The molecule has 0 aromatic heterocycles. The maximum Gasteiger partial charge on any atom is 0.260 e. The largest absolute Gasteiger partial charge is 0.497 e. The van der Waals surface area contributed by atoms with Crippen LogP contribution in [0, 0.1) is 0 Å². The second-order valence-corrected chi connectivity index (χ2v) is 6.06. The normalized spacial score (nSPS) is 11.6. The predicted molar refractivity (Wildman–Crippen MR) is 106 cm³/mol. The van der Waals surface area contributed by atoms with Crippen molar-refractivity contribution in [1.82, 2.24) is 5.32 Å². The number of carbonyl (C=O) groups excluding carboxylic acids is 1. The van der Waals surface area contributed by atoms with Crippen LogP contribution in [0.15, 0.2) is 66.7 Å². The molecule has 3 rings (SSSR count). The molecule has 0 bridgehead atoms. The second-order valence-electron chi connectivity index (χ2n) is 6.06. The fraction of sp³-hybridized carbons (Fsp3) is 0.227. The molecule has 0 heterocycles. The molecule has 0 fully saturated rings. The Labute approximate surface area is 158 Å². The number of carbonyl (C=O) groups is 1. The van der Waals surface area contributed by atoms with Crippen LogP contribution in [0.25, 0.3) is 10.8 Å². The van der Waals surface area contributed by atoms with Gasteiger partial charge in [0.05, 0.1) is 13.7 Å². The first kappa shape index (κ1) is 18.6. The van der Waals surface area contributed by atoms with Gasteiger partial charge in [0.25, 0.3) is 5.91 Å². The zero-order chi connectivity index (χ0) is 19.1. The molecule has 0 aliphatic rings. The van der Waals surface area contributed by atoms with Crippen molar-refractivity contribution in [1.29, 1.82) is 0 Å². The summed E-state index contributed by atoms with van der Waals surface area (Å²) < 4.78 is 16.6. The first-order valence-electron chi connectivity index (χ1n) is 8.86. The van der Waals surface area contributed by atoms with Crippen molar-refractivity contribution in [3.8, 4) is 17.2 Å². The molecular formula is C22H23NO4. The van der Waals surface area contributed by atoms with Crippen LogP contribution in [0.3, 0.4) is 0 Å². The number of hydrogen-bond donors (Lipinski definition) is 1. The summed E-state index contributed by atoms with van der Waals surface area (Å²) in [6.07, 6.45) is -0.616. The van der Waals surface area contributed by atoms with Crippen molar-refractivity contribution >= 4 is 16.7 Å². The van der Waals surface area contributed by atoms with Gasteiger partial charge in [0.2, 0.25) is 0 Å². The van der Waals surface area contributed by atoms with Crippen LogP contribution in [0.2, 0.25) is 0 Å². The van der Waals surface area contributed by atoms with E-state index in [9.17, 15) is 4.79 Å². The summed E-state index contributed by atoms with van der Waals surface area (Å²) in [6, 6.07) is 21.1. The Morgan fingerprint density at radius 1 is 1.00 bits per heavy atom. The molecule has 140 valence electrons. The first-order valence-corrected chi connectivity index (χ1v) is 8.86. The van der Waals surface area contributed by atoms with E-state index in [1.807, 2.05) is 54.6 Å². The number of hydrogen-bond acceptors (Lipinski definition) is 4. The minimum Gasteiger partial charge on any atom is -0.497 e. The van der Waals surface area contributed by atoms with Crippen LogP contribution < -0.4 is 19.5 Å². The van der Waals surface area contributed by atoms with Gasteiger partial charge < -0.3 is 19.5 Å². The van der Waals surface area contributed by atoms with Gasteiger partial charge in [-0.1, -0.05) is 42.5 Å². The first-order chi connectivity index (χ1) is 13.2. The van der Waals surface area contributed by atoms with E-state index in [0.29, 0.717) is 24.7 Å². The molecule has 1 N–H and O–H groups in total. The van der Waals surface area contributed by atoms with Crippen molar-refractivity contribution in [3.63, 3.8) is 0 Å². The van der Waals surface area contributed by atoms with Crippen molar-refractivity contribution in [3.05, 3.63) is 66.7 Å². The van der Waals surface area contributed by atoms with Gasteiger partial charge >= 0.3 is 0 Å². The standard InChI is InChI=1S/C22H23NO4/c1-16(27-19-10-6-9-18(15-19)25-2)22(24)23-13-14-26-21-12-5-8-17-7-3-4-11-20(17)21/h3-12,15-16H,13-14H2,1-2H3,(H,23,24)/t16-/m1/s1. The summed E-state index contributed by atoms with van der Waals surface area (Å²) >= 11 is 0. The number of fused-ring (bicyclic) bond motifs is 1. The summed E-state index contributed by atoms with van der Waals surface area (Å²) in [6.45, 7) is 2.49. The van der Waals surface area contributed by atoms with Crippen LogP contribution >= 0.6 is 0 Å². The molecule has 0 aliphatic carbocycles. The molecule has 0 spiro atoms. The fourth-order valence-electron chi connectivity index (χ4n) is 2.73. The lowest BCUT2D eigenvalue weighted by atomic mass is 10.1. The molecule has 3 aromatic rings. The van der Waals surface area contributed by atoms with Gasteiger partial charge in [0.15, 0.2) is 6.10 Å². The molecule has 27 heavy (non-hydrogen) atoms. The SMILES string of the molecule is COc1cccc(O[C@H](C)C(=O)NCCOc2cccc3ccccc23)c1. The summed E-state index contributed by atoms with van der Waals surface area (Å²) in [4.78, 5) is 12.2. The molecule has 0 saturated carbocycles. The van der Waals surface area contributed by atoms with Gasteiger partial charge in [-0.3, -0.25) is 4.79 Å². The lowest BCUT2D eigenvalue weighted by Gasteiger charge is -2.15. The molecule has 0 radical (unpaired) electrons. The number of ether oxygens (including phenoxy) is 3. The highest BCUT2D eigenvalue weighted by Crippen LogP contribution is 2.25. The maximum atomic E-state index is 12.2. The summed E-state index contributed by atoms with van der Waals surface area (Å²) in [7, 11) is 1.59. The van der Waals surface area contributed by atoms with Crippen molar-refractivity contribution < 1.29 is 19.0 Å². The van der Waals surface area contributed by atoms with Gasteiger partial charge in [0, 0.05) is 11.5 Å². The number of amides is 1. The topological polar surface area (TPSA) is 56.8 Å². The van der Waals surface area contributed by atoms with Gasteiger partial charge in [0.1, 0.15) is 23.9 Å². The Balaban J connectivity index is 1.47. The Bertz CT molecular complexity index is 904. The van der Waals surface area contributed by atoms with E-state index in [-0.39, 0.29) is 5.91 Å². The highest BCUT2D eigenvalue weighted by molar-refractivity contribution is 5.88. The van der Waals surface area contributed by atoms with Crippen LogP contribution in [-0.4, -0.2) is 32.3 Å². The average molecular weight is 365 g/mol. The minimum atomic E-state index is -0.616. The molecular weight excluding hydrogens is 342 g/mol. The summed E-state index contributed by atoms with van der Waals surface area (Å²) in [5.74, 6) is 1.88. The molecule has 5 nitrogen and oxygen atoms in total. The molecule has 0 saturated heterocycles. The van der Waals surface area contributed by atoms with E-state index in [4.69, 9.17) is 14.2 Å². The lowest BCUT2D eigenvalue weighted by molar-refractivity contribution is -0.127. The highest BCUT2D eigenvalue weighted by atomic mass is 16.5. The zero-order valence-corrected chi connectivity index (χ0v) is 15.5. The monoisotopic (exact) mass is 365 g/mol. The lowest BCUT2D eigenvalue weighted by Crippen LogP contribution is -2.38. The highest BCUT2D eigenvalue weighted by Gasteiger charge is 2.14. The van der Waals surface area contributed by atoms with Crippen molar-refractivity contribution in [2.45, 2.75) is 13.0 Å². The number of nitrogens with one attached hydrogen (secondary N) is 1. The van der Waals surface area contributed by atoms with E-state index >= 15 is 0 Å². The van der Waals surface area contributed by atoms with E-state index in [2.05, 4.69) is 5.32 Å². The zero-order valence-electron chi connectivity index (χ0n) is 15.5. The molecule has 5 heteroatoms. The molecule has 0 aliphatic heterocycles. The van der Waals surface area contributed by atoms with Gasteiger partial charge in [-0.25, -0.2) is 0 Å². The number of rotatable bonds is 8. The van der Waals surface area contributed by atoms with Crippen LogP contribution in [0.1, 0.15) is 6.92 Å². The Morgan fingerprint density at radius 2 is 1.74 bits per heavy atom. The quantitative estimate of drug-likeness (QED) is 0.617. The predicted octanol–water partition coefficient (Wildman–Crippen LogP) is 3.81.